The number of benzene rings is 2. The smallest absolute Gasteiger partial charge is 0.123 e. The van der Waals surface area contributed by atoms with Crippen LogP contribution < -0.4 is 5.32 Å². The Morgan fingerprint density at radius 1 is 1.10 bits per heavy atom. The highest BCUT2D eigenvalue weighted by Gasteiger charge is 2.10. The zero-order valence-corrected chi connectivity index (χ0v) is 11.8. The number of hydrogen-bond acceptors (Lipinski definition) is 3. The van der Waals surface area contributed by atoms with Crippen LogP contribution in [0.15, 0.2) is 48.5 Å². The minimum Gasteiger partial charge on any atom is -0.387 e. The Morgan fingerprint density at radius 2 is 1.67 bits per heavy atom. The third-order valence-corrected chi connectivity index (χ3v) is 3.41. The second-order valence-electron chi connectivity index (χ2n) is 4.93. The first kappa shape index (κ1) is 15.2. The minimum atomic E-state index is -0.652. The van der Waals surface area contributed by atoms with E-state index in [1.165, 1.54) is 12.1 Å². The van der Waals surface area contributed by atoms with Crippen molar-refractivity contribution in [3.05, 3.63) is 71.0 Å². The molecule has 0 aromatic heterocycles. The lowest BCUT2D eigenvalue weighted by Crippen LogP contribution is -2.24. The summed E-state index contributed by atoms with van der Waals surface area (Å²) in [6.07, 6.45) is -0.652. The van der Waals surface area contributed by atoms with Crippen LogP contribution in [0.4, 0.5) is 4.39 Å². The normalized spacial score (nSPS) is 13.4. The predicted octanol–water partition coefficient (Wildman–Crippen LogP) is 3.08. The maximum Gasteiger partial charge on any atom is 0.123 e. The van der Waals surface area contributed by atoms with E-state index in [0.29, 0.717) is 12.1 Å². The second-order valence-corrected chi connectivity index (χ2v) is 4.93. The summed E-state index contributed by atoms with van der Waals surface area (Å²) >= 11 is 0. The maximum atomic E-state index is 12.9. The minimum absolute atomic E-state index is 0.0126. The van der Waals surface area contributed by atoms with E-state index >= 15 is 0 Å². The van der Waals surface area contributed by atoms with Crippen LogP contribution in [0.25, 0.3) is 0 Å². The molecule has 2 aromatic rings. The van der Waals surface area contributed by atoms with Crippen LogP contribution >= 0.6 is 0 Å². The number of halogens is 1. The number of nitriles is 1. The SMILES string of the molecule is C[C@@H](NCC(O)c1ccc(C#N)cc1)c1ccc(F)cc1. The Morgan fingerprint density at radius 3 is 2.24 bits per heavy atom. The van der Waals surface area contributed by atoms with Gasteiger partial charge in [0.05, 0.1) is 17.7 Å². The fourth-order valence-corrected chi connectivity index (χ4v) is 2.06. The lowest BCUT2D eigenvalue weighted by atomic mass is 10.1. The van der Waals surface area contributed by atoms with Crippen LogP contribution in [0.5, 0.6) is 0 Å². The monoisotopic (exact) mass is 284 g/mol. The van der Waals surface area contributed by atoms with Gasteiger partial charge in [0.2, 0.25) is 0 Å². The van der Waals surface area contributed by atoms with Crippen molar-refractivity contribution in [3.63, 3.8) is 0 Å². The molecule has 2 atom stereocenters. The van der Waals surface area contributed by atoms with Gasteiger partial charge in [-0.1, -0.05) is 24.3 Å². The highest BCUT2D eigenvalue weighted by molar-refractivity contribution is 5.32. The quantitative estimate of drug-likeness (QED) is 0.887. The van der Waals surface area contributed by atoms with Gasteiger partial charge in [-0.25, -0.2) is 4.39 Å². The van der Waals surface area contributed by atoms with Crippen molar-refractivity contribution in [1.29, 1.82) is 5.26 Å². The number of hydrogen-bond donors (Lipinski definition) is 2. The van der Waals surface area contributed by atoms with Gasteiger partial charge in [-0.15, -0.1) is 0 Å². The van der Waals surface area contributed by atoms with E-state index in [4.69, 9.17) is 5.26 Å². The van der Waals surface area contributed by atoms with Gasteiger partial charge in [-0.05, 0) is 42.3 Å². The van der Waals surface area contributed by atoms with E-state index in [9.17, 15) is 9.50 Å². The molecule has 3 nitrogen and oxygen atoms in total. The highest BCUT2D eigenvalue weighted by Crippen LogP contribution is 2.16. The molecule has 0 aliphatic rings. The van der Waals surface area contributed by atoms with Crippen LogP contribution in [0.1, 0.15) is 35.8 Å². The fourth-order valence-electron chi connectivity index (χ4n) is 2.06. The number of nitrogens with zero attached hydrogens (tertiary/aromatic N) is 1. The Kier molecular flexibility index (Phi) is 5.04. The molecule has 2 N–H and O–H groups in total. The summed E-state index contributed by atoms with van der Waals surface area (Å²) in [7, 11) is 0. The highest BCUT2D eigenvalue weighted by atomic mass is 19.1. The van der Waals surface area contributed by atoms with Crippen LogP contribution in [0.3, 0.4) is 0 Å². The largest absolute Gasteiger partial charge is 0.387 e. The molecule has 0 spiro atoms. The molecule has 2 rings (SSSR count). The Balaban J connectivity index is 1.92. The number of aliphatic hydroxyl groups is 1. The number of rotatable bonds is 5. The third kappa shape index (κ3) is 4.12. The molecule has 2 aromatic carbocycles. The summed E-state index contributed by atoms with van der Waals surface area (Å²) in [5.74, 6) is -0.261. The first-order valence-corrected chi connectivity index (χ1v) is 6.77. The van der Waals surface area contributed by atoms with Crippen molar-refractivity contribution in [2.45, 2.75) is 19.1 Å². The fraction of sp³-hybridized carbons (Fsp3) is 0.235. The van der Waals surface area contributed by atoms with Crippen molar-refractivity contribution < 1.29 is 9.50 Å². The van der Waals surface area contributed by atoms with E-state index in [2.05, 4.69) is 5.32 Å². The molecule has 0 radical (unpaired) electrons. The van der Waals surface area contributed by atoms with Crippen LogP contribution in [0.2, 0.25) is 0 Å². The zero-order valence-electron chi connectivity index (χ0n) is 11.8. The molecular weight excluding hydrogens is 267 g/mol. The lowest BCUT2D eigenvalue weighted by Gasteiger charge is -2.18. The third-order valence-electron chi connectivity index (χ3n) is 3.41. The number of nitrogens with one attached hydrogen (secondary N) is 1. The molecule has 0 fully saturated rings. The summed E-state index contributed by atoms with van der Waals surface area (Å²) in [6, 6.07) is 15.2. The van der Waals surface area contributed by atoms with Gasteiger partial charge in [-0.3, -0.25) is 0 Å². The predicted molar refractivity (Wildman–Crippen MR) is 78.9 cm³/mol. The van der Waals surface area contributed by atoms with Crippen molar-refractivity contribution >= 4 is 0 Å². The average molecular weight is 284 g/mol. The summed E-state index contributed by atoms with van der Waals surface area (Å²) in [5, 5.41) is 22.1. The van der Waals surface area contributed by atoms with Crippen molar-refractivity contribution in [2.24, 2.45) is 0 Å². The van der Waals surface area contributed by atoms with E-state index < -0.39 is 6.10 Å². The standard InChI is InChI=1S/C17H17FN2O/c1-12(14-6-8-16(18)9-7-14)20-11-17(21)15-4-2-13(10-19)3-5-15/h2-9,12,17,20-21H,11H2,1H3/t12-,17?/m1/s1. The van der Waals surface area contributed by atoms with Gasteiger partial charge >= 0.3 is 0 Å². The molecule has 0 aliphatic carbocycles. The van der Waals surface area contributed by atoms with Gasteiger partial charge in [0, 0.05) is 12.6 Å². The Bertz CT molecular complexity index is 617. The van der Waals surface area contributed by atoms with E-state index in [1.54, 1.807) is 36.4 Å². The molecule has 0 bridgehead atoms. The molecular formula is C17H17FN2O. The molecule has 0 saturated heterocycles. The summed E-state index contributed by atoms with van der Waals surface area (Å²) in [4.78, 5) is 0. The van der Waals surface area contributed by atoms with Crippen molar-refractivity contribution in [1.82, 2.24) is 5.32 Å². The van der Waals surface area contributed by atoms with E-state index in [-0.39, 0.29) is 11.9 Å². The first-order valence-electron chi connectivity index (χ1n) is 6.77. The molecule has 0 saturated carbocycles. The molecule has 0 amide bonds. The van der Waals surface area contributed by atoms with Crippen LogP contribution in [-0.4, -0.2) is 11.7 Å². The van der Waals surface area contributed by atoms with Gasteiger partial charge in [0.1, 0.15) is 5.82 Å². The molecule has 21 heavy (non-hydrogen) atoms. The van der Waals surface area contributed by atoms with Gasteiger partial charge < -0.3 is 10.4 Å². The molecule has 4 heteroatoms. The lowest BCUT2D eigenvalue weighted by molar-refractivity contribution is 0.171. The van der Waals surface area contributed by atoms with Gasteiger partial charge in [0.15, 0.2) is 0 Å². The molecule has 0 aliphatic heterocycles. The van der Waals surface area contributed by atoms with Crippen molar-refractivity contribution in [2.75, 3.05) is 6.54 Å². The maximum absolute atomic E-state index is 12.9. The molecule has 0 heterocycles. The summed E-state index contributed by atoms with van der Waals surface area (Å²) in [5.41, 5.74) is 2.29. The topological polar surface area (TPSA) is 56.0 Å². The van der Waals surface area contributed by atoms with E-state index in [1.807, 2.05) is 13.0 Å². The van der Waals surface area contributed by atoms with Gasteiger partial charge in [-0.2, -0.15) is 5.26 Å². The van der Waals surface area contributed by atoms with Crippen LogP contribution in [0, 0.1) is 17.1 Å². The zero-order chi connectivity index (χ0) is 15.2. The summed E-state index contributed by atoms with van der Waals surface area (Å²) in [6.45, 7) is 2.34. The van der Waals surface area contributed by atoms with E-state index in [0.717, 1.165) is 11.1 Å². The van der Waals surface area contributed by atoms with Gasteiger partial charge in [0.25, 0.3) is 0 Å². The second kappa shape index (κ2) is 6.98. The average Bonchev–Trinajstić information content (AvgIpc) is 2.53. The Labute approximate surface area is 123 Å². The summed E-state index contributed by atoms with van der Waals surface area (Å²) < 4.78 is 12.9. The molecule has 108 valence electrons. The molecule has 1 unspecified atom stereocenters. The Hall–Kier alpha value is -2.22. The van der Waals surface area contributed by atoms with Crippen LogP contribution in [-0.2, 0) is 0 Å². The van der Waals surface area contributed by atoms with Crippen molar-refractivity contribution in [3.8, 4) is 6.07 Å². The first-order chi connectivity index (χ1) is 10.1. The number of aliphatic hydroxyl groups excluding tert-OH is 1.